The number of amides is 2. The molecular formula is C15H18N4O3. The average Bonchev–Trinajstić information content (AvgIpc) is 2.96. The first kappa shape index (κ1) is 15.7. The summed E-state index contributed by atoms with van der Waals surface area (Å²) >= 11 is 0. The number of nitrogens with two attached hydrogens (primary N) is 1. The number of benzene rings is 1. The maximum Gasteiger partial charge on any atom is 0.258 e. The highest BCUT2D eigenvalue weighted by Gasteiger charge is 2.12. The van der Waals surface area contributed by atoms with E-state index in [0.29, 0.717) is 30.0 Å². The van der Waals surface area contributed by atoms with Gasteiger partial charge < -0.3 is 15.8 Å². The minimum absolute atomic E-state index is 0.298. The fraction of sp³-hybridized carbons (Fsp3) is 0.267. The lowest BCUT2D eigenvalue weighted by Gasteiger charge is -2.08. The van der Waals surface area contributed by atoms with E-state index in [1.807, 2.05) is 6.92 Å². The maximum atomic E-state index is 12.2. The van der Waals surface area contributed by atoms with Crippen LogP contribution in [0.5, 0.6) is 0 Å². The Morgan fingerprint density at radius 3 is 2.82 bits per heavy atom. The van der Waals surface area contributed by atoms with E-state index < -0.39 is 5.91 Å². The molecule has 0 saturated carbocycles. The monoisotopic (exact) mass is 302 g/mol. The minimum Gasteiger partial charge on any atom is -0.383 e. The van der Waals surface area contributed by atoms with Crippen molar-refractivity contribution in [3.8, 4) is 0 Å². The smallest absolute Gasteiger partial charge is 0.258 e. The van der Waals surface area contributed by atoms with Gasteiger partial charge in [-0.2, -0.15) is 5.10 Å². The second kappa shape index (κ2) is 6.86. The summed E-state index contributed by atoms with van der Waals surface area (Å²) in [6.45, 7) is 2.92. The molecule has 0 aliphatic heterocycles. The summed E-state index contributed by atoms with van der Waals surface area (Å²) < 4.78 is 6.59. The number of carbonyl (C=O) groups excluding carboxylic acids is 2. The molecule has 1 heterocycles. The predicted molar refractivity (Wildman–Crippen MR) is 81.8 cm³/mol. The van der Waals surface area contributed by atoms with Crippen LogP contribution in [0, 0.1) is 6.92 Å². The van der Waals surface area contributed by atoms with Gasteiger partial charge in [-0.05, 0) is 24.6 Å². The van der Waals surface area contributed by atoms with Gasteiger partial charge in [-0.25, -0.2) is 0 Å². The van der Waals surface area contributed by atoms with Crippen LogP contribution in [0.15, 0.2) is 30.6 Å². The highest BCUT2D eigenvalue weighted by atomic mass is 16.5. The lowest BCUT2D eigenvalue weighted by atomic mass is 10.1. The van der Waals surface area contributed by atoms with Crippen molar-refractivity contribution in [2.75, 3.05) is 19.0 Å². The third-order valence-corrected chi connectivity index (χ3v) is 3.19. The Kier molecular flexibility index (Phi) is 4.90. The molecule has 0 radical (unpaired) electrons. The molecule has 0 unspecified atom stereocenters. The second-order valence-electron chi connectivity index (χ2n) is 4.83. The van der Waals surface area contributed by atoms with E-state index >= 15 is 0 Å². The zero-order valence-electron chi connectivity index (χ0n) is 12.5. The van der Waals surface area contributed by atoms with Gasteiger partial charge in [0.1, 0.15) is 0 Å². The van der Waals surface area contributed by atoms with Crippen molar-refractivity contribution in [2.45, 2.75) is 13.5 Å². The summed E-state index contributed by atoms with van der Waals surface area (Å²) in [5, 5.41) is 6.85. The number of aromatic nitrogens is 2. The number of hydrogen-bond acceptors (Lipinski definition) is 4. The zero-order chi connectivity index (χ0) is 16.1. The molecule has 0 atom stereocenters. The standard InChI is InChI=1S/C15H18N4O3/c1-10-3-4-11(14(16)20)7-13(10)18-15(21)12-8-17-19(9-12)5-6-22-2/h3-4,7-9H,5-6H2,1-2H3,(H2,16,20)(H,18,21). The molecule has 1 aromatic carbocycles. The number of anilines is 1. The van der Waals surface area contributed by atoms with Gasteiger partial charge in [-0.15, -0.1) is 0 Å². The summed E-state index contributed by atoms with van der Waals surface area (Å²) in [5.74, 6) is -0.837. The number of methoxy groups -OCH3 is 1. The third-order valence-electron chi connectivity index (χ3n) is 3.19. The number of nitrogens with zero attached hydrogens (tertiary/aromatic N) is 2. The van der Waals surface area contributed by atoms with Gasteiger partial charge in [0, 0.05) is 24.6 Å². The first-order valence-electron chi connectivity index (χ1n) is 6.74. The van der Waals surface area contributed by atoms with E-state index in [1.54, 1.807) is 36.2 Å². The van der Waals surface area contributed by atoms with E-state index in [9.17, 15) is 9.59 Å². The van der Waals surface area contributed by atoms with Gasteiger partial charge in [0.05, 0.1) is 24.9 Å². The zero-order valence-corrected chi connectivity index (χ0v) is 12.5. The number of carbonyl (C=O) groups is 2. The van der Waals surface area contributed by atoms with Gasteiger partial charge in [-0.1, -0.05) is 6.07 Å². The number of aryl methyl sites for hydroxylation is 1. The molecule has 2 aromatic rings. The summed E-state index contributed by atoms with van der Waals surface area (Å²) in [7, 11) is 1.60. The fourth-order valence-corrected chi connectivity index (χ4v) is 1.89. The van der Waals surface area contributed by atoms with Crippen molar-refractivity contribution in [1.29, 1.82) is 0 Å². The lowest BCUT2D eigenvalue weighted by Crippen LogP contribution is -2.15. The van der Waals surface area contributed by atoms with Crippen LogP contribution in [0.2, 0.25) is 0 Å². The SMILES string of the molecule is COCCn1cc(C(=O)Nc2cc(C(N)=O)ccc2C)cn1. The number of ether oxygens (including phenoxy) is 1. The summed E-state index contributed by atoms with van der Waals surface area (Å²) in [6.07, 6.45) is 3.12. The van der Waals surface area contributed by atoms with E-state index in [4.69, 9.17) is 10.5 Å². The molecule has 2 rings (SSSR count). The Bertz CT molecular complexity index is 694. The molecule has 7 heteroatoms. The molecule has 0 saturated heterocycles. The van der Waals surface area contributed by atoms with Crippen LogP contribution in [-0.2, 0) is 11.3 Å². The van der Waals surface area contributed by atoms with Crippen LogP contribution in [0.25, 0.3) is 0 Å². The highest BCUT2D eigenvalue weighted by Crippen LogP contribution is 2.17. The molecule has 2 amide bonds. The topological polar surface area (TPSA) is 99.2 Å². The molecule has 1 aromatic heterocycles. The van der Waals surface area contributed by atoms with Gasteiger partial charge in [0.25, 0.3) is 5.91 Å². The first-order chi connectivity index (χ1) is 10.5. The Hall–Kier alpha value is -2.67. The molecular weight excluding hydrogens is 284 g/mol. The van der Waals surface area contributed by atoms with Crippen molar-refractivity contribution in [3.05, 3.63) is 47.3 Å². The minimum atomic E-state index is -0.539. The van der Waals surface area contributed by atoms with Crippen molar-refractivity contribution in [2.24, 2.45) is 5.73 Å². The first-order valence-corrected chi connectivity index (χ1v) is 6.74. The summed E-state index contributed by atoms with van der Waals surface area (Å²) in [4.78, 5) is 23.4. The van der Waals surface area contributed by atoms with Crippen molar-refractivity contribution in [3.63, 3.8) is 0 Å². The summed E-state index contributed by atoms with van der Waals surface area (Å²) in [5.41, 5.74) is 7.41. The highest BCUT2D eigenvalue weighted by molar-refractivity contribution is 6.05. The van der Waals surface area contributed by atoms with E-state index in [2.05, 4.69) is 10.4 Å². The molecule has 0 aliphatic carbocycles. The van der Waals surface area contributed by atoms with Gasteiger partial charge in [-0.3, -0.25) is 14.3 Å². The summed E-state index contributed by atoms with van der Waals surface area (Å²) in [6, 6.07) is 4.92. The van der Waals surface area contributed by atoms with Crippen molar-refractivity contribution >= 4 is 17.5 Å². The van der Waals surface area contributed by atoms with E-state index in [-0.39, 0.29) is 5.91 Å². The number of rotatable bonds is 6. The molecule has 0 aliphatic rings. The van der Waals surface area contributed by atoms with Crippen molar-refractivity contribution < 1.29 is 14.3 Å². The van der Waals surface area contributed by atoms with Crippen LogP contribution in [0.3, 0.4) is 0 Å². The maximum absolute atomic E-state index is 12.2. The van der Waals surface area contributed by atoms with Crippen molar-refractivity contribution in [1.82, 2.24) is 9.78 Å². The van der Waals surface area contributed by atoms with Crippen LogP contribution < -0.4 is 11.1 Å². The van der Waals surface area contributed by atoms with Crippen LogP contribution in [-0.4, -0.2) is 35.3 Å². The molecule has 0 bridgehead atoms. The van der Waals surface area contributed by atoms with Gasteiger partial charge in [0.2, 0.25) is 5.91 Å². The largest absolute Gasteiger partial charge is 0.383 e. The van der Waals surface area contributed by atoms with Gasteiger partial charge >= 0.3 is 0 Å². The average molecular weight is 302 g/mol. The molecule has 116 valence electrons. The molecule has 7 nitrogen and oxygen atoms in total. The normalized spacial score (nSPS) is 10.5. The number of nitrogens with one attached hydrogen (secondary N) is 1. The van der Waals surface area contributed by atoms with E-state index in [0.717, 1.165) is 5.56 Å². The lowest BCUT2D eigenvalue weighted by molar-refractivity contribution is 0.0996. The predicted octanol–water partition coefficient (Wildman–Crippen LogP) is 1.19. The van der Waals surface area contributed by atoms with Gasteiger partial charge in [0.15, 0.2) is 0 Å². The molecule has 22 heavy (non-hydrogen) atoms. The molecule has 0 fully saturated rings. The quantitative estimate of drug-likeness (QED) is 0.837. The Morgan fingerprint density at radius 1 is 1.36 bits per heavy atom. The van der Waals surface area contributed by atoms with Crippen LogP contribution >= 0.6 is 0 Å². The Balaban J connectivity index is 2.13. The number of primary amides is 1. The number of hydrogen-bond donors (Lipinski definition) is 2. The molecule has 0 spiro atoms. The van der Waals surface area contributed by atoms with Crippen LogP contribution in [0.1, 0.15) is 26.3 Å². The Labute approximate surface area is 128 Å². The fourth-order valence-electron chi connectivity index (χ4n) is 1.89. The second-order valence-corrected chi connectivity index (χ2v) is 4.83. The Morgan fingerprint density at radius 2 is 2.14 bits per heavy atom. The van der Waals surface area contributed by atoms with E-state index in [1.165, 1.54) is 6.20 Å². The molecule has 3 N–H and O–H groups in total. The van der Waals surface area contributed by atoms with Crippen LogP contribution in [0.4, 0.5) is 5.69 Å². The third kappa shape index (κ3) is 3.70.